The van der Waals surface area contributed by atoms with Gasteiger partial charge < -0.3 is 10.1 Å². The molecule has 0 fully saturated rings. The Kier molecular flexibility index (Phi) is 7.14. The number of hydrogen-bond donors (Lipinski definition) is 1. The standard InChI is InChI=1S/C19H24N2O2/c1-2-14-21(16-17-9-5-3-6-10-17)15-13-20-19(22)23-18-11-7-4-8-12-18/h3-12H,2,13-16H2,1H3,(H,20,22). The van der Waals surface area contributed by atoms with Gasteiger partial charge in [-0.25, -0.2) is 4.79 Å². The van der Waals surface area contributed by atoms with Crippen LogP contribution < -0.4 is 10.1 Å². The monoisotopic (exact) mass is 312 g/mol. The number of rotatable bonds is 8. The molecule has 122 valence electrons. The van der Waals surface area contributed by atoms with Gasteiger partial charge in [-0.15, -0.1) is 0 Å². The molecule has 0 aliphatic carbocycles. The average Bonchev–Trinajstić information content (AvgIpc) is 2.57. The Hall–Kier alpha value is -2.33. The highest BCUT2D eigenvalue weighted by atomic mass is 16.6. The predicted octanol–water partition coefficient (Wildman–Crippen LogP) is 3.69. The number of amides is 1. The summed E-state index contributed by atoms with van der Waals surface area (Å²) in [5.74, 6) is 0.555. The summed E-state index contributed by atoms with van der Waals surface area (Å²) in [7, 11) is 0. The van der Waals surface area contributed by atoms with Crippen molar-refractivity contribution in [2.24, 2.45) is 0 Å². The average molecular weight is 312 g/mol. The molecule has 0 unspecified atom stereocenters. The summed E-state index contributed by atoms with van der Waals surface area (Å²) in [6.45, 7) is 5.43. The number of nitrogens with zero attached hydrogens (tertiary/aromatic N) is 1. The molecule has 0 spiro atoms. The van der Waals surface area contributed by atoms with E-state index in [9.17, 15) is 4.79 Å². The molecule has 0 aliphatic heterocycles. The van der Waals surface area contributed by atoms with Gasteiger partial charge in [0, 0.05) is 19.6 Å². The fourth-order valence-corrected chi connectivity index (χ4v) is 2.38. The van der Waals surface area contributed by atoms with Crippen LogP contribution in [0.3, 0.4) is 0 Å². The van der Waals surface area contributed by atoms with Crippen LogP contribution in [0.5, 0.6) is 5.75 Å². The third kappa shape index (κ3) is 6.53. The van der Waals surface area contributed by atoms with Crippen molar-refractivity contribution in [2.75, 3.05) is 19.6 Å². The molecule has 0 aliphatic rings. The molecule has 4 nitrogen and oxygen atoms in total. The molecule has 2 aromatic carbocycles. The minimum absolute atomic E-state index is 0.410. The lowest BCUT2D eigenvalue weighted by Crippen LogP contribution is -2.36. The second-order valence-electron chi connectivity index (χ2n) is 5.39. The molecular weight excluding hydrogens is 288 g/mol. The molecule has 1 N–H and O–H groups in total. The van der Waals surface area contributed by atoms with Crippen molar-refractivity contribution in [2.45, 2.75) is 19.9 Å². The molecule has 0 bridgehead atoms. The molecule has 2 rings (SSSR count). The predicted molar refractivity (Wildman–Crippen MR) is 92.5 cm³/mol. The Morgan fingerprint density at radius 2 is 1.65 bits per heavy atom. The number of para-hydroxylation sites is 1. The quantitative estimate of drug-likeness (QED) is 0.808. The van der Waals surface area contributed by atoms with Crippen LogP contribution in [0.4, 0.5) is 4.79 Å². The smallest absolute Gasteiger partial charge is 0.410 e. The number of benzene rings is 2. The van der Waals surface area contributed by atoms with Gasteiger partial charge >= 0.3 is 6.09 Å². The van der Waals surface area contributed by atoms with E-state index in [0.717, 1.165) is 26.1 Å². The van der Waals surface area contributed by atoms with Gasteiger partial charge in [-0.1, -0.05) is 55.5 Å². The van der Waals surface area contributed by atoms with Gasteiger partial charge in [-0.05, 0) is 30.7 Å². The van der Waals surface area contributed by atoms with Crippen LogP contribution in [-0.4, -0.2) is 30.6 Å². The molecule has 2 aromatic rings. The molecule has 0 saturated carbocycles. The number of nitrogens with one attached hydrogen (secondary N) is 1. The van der Waals surface area contributed by atoms with Crippen LogP contribution in [0.1, 0.15) is 18.9 Å². The number of carbonyl (C=O) groups excluding carboxylic acids is 1. The summed E-state index contributed by atoms with van der Waals surface area (Å²) in [4.78, 5) is 14.1. The number of ether oxygens (including phenoxy) is 1. The maximum Gasteiger partial charge on any atom is 0.412 e. The largest absolute Gasteiger partial charge is 0.412 e. The highest BCUT2D eigenvalue weighted by Crippen LogP contribution is 2.08. The van der Waals surface area contributed by atoms with E-state index in [1.807, 2.05) is 24.3 Å². The molecule has 4 heteroatoms. The summed E-state index contributed by atoms with van der Waals surface area (Å²) >= 11 is 0. The minimum Gasteiger partial charge on any atom is -0.410 e. The molecular formula is C19H24N2O2. The van der Waals surface area contributed by atoms with Crippen LogP contribution in [0, 0.1) is 0 Å². The van der Waals surface area contributed by atoms with E-state index >= 15 is 0 Å². The zero-order valence-corrected chi connectivity index (χ0v) is 13.6. The fourth-order valence-electron chi connectivity index (χ4n) is 2.38. The summed E-state index contributed by atoms with van der Waals surface area (Å²) in [5, 5.41) is 2.80. The van der Waals surface area contributed by atoms with Gasteiger partial charge in [-0.3, -0.25) is 4.90 Å². The second kappa shape index (κ2) is 9.64. The fraction of sp³-hybridized carbons (Fsp3) is 0.316. The van der Waals surface area contributed by atoms with E-state index in [4.69, 9.17) is 4.74 Å². The Morgan fingerprint density at radius 1 is 1.00 bits per heavy atom. The van der Waals surface area contributed by atoms with Crippen LogP contribution >= 0.6 is 0 Å². The molecule has 0 atom stereocenters. The first-order chi connectivity index (χ1) is 11.3. The van der Waals surface area contributed by atoms with Crippen LogP contribution in [-0.2, 0) is 6.54 Å². The van der Waals surface area contributed by atoms with Gasteiger partial charge in [0.05, 0.1) is 0 Å². The Balaban J connectivity index is 1.74. The Morgan fingerprint density at radius 3 is 2.30 bits per heavy atom. The number of hydrogen-bond acceptors (Lipinski definition) is 3. The van der Waals surface area contributed by atoms with E-state index in [2.05, 4.69) is 41.4 Å². The Labute approximate surface area is 138 Å². The molecule has 1 amide bonds. The van der Waals surface area contributed by atoms with Crippen molar-refractivity contribution in [1.82, 2.24) is 10.2 Å². The summed E-state index contributed by atoms with van der Waals surface area (Å²) < 4.78 is 5.21. The molecule has 0 aromatic heterocycles. The maximum absolute atomic E-state index is 11.8. The van der Waals surface area contributed by atoms with Gasteiger partial charge in [0.1, 0.15) is 5.75 Å². The first-order valence-corrected chi connectivity index (χ1v) is 8.05. The molecule has 0 saturated heterocycles. The van der Waals surface area contributed by atoms with Crippen molar-refractivity contribution in [3.8, 4) is 5.75 Å². The summed E-state index contributed by atoms with van der Waals surface area (Å²) in [5.41, 5.74) is 1.29. The first kappa shape index (κ1) is 17.0. The SMILES string of the molecule is CCCN(CCNC(=O)Oc1ccccc1)Cc1ccccc1. The zero-order chi connectivity index (χ0) is 16.3. The van der Waals surface area contributed by atoms with Gasteiger partial charge in [0.2, 0.25) is 0 Å². The van der Waals surface area contributed by atoms with E-state index in [-0.39, 0.29) is 0 Å². The van der Waals surface area contributed by atoms with E-state index in [1.165, 1.54) is 5.56 Å². The first-order valence-electron chi connectivity index (χ1n) is 8.05. The van der Waals surface area contributed by atoms with Crippen LogP contribution in [0.25, 0.3) is 0 Å². The van der Waals surface area contributed by atoms with Crippen molar-refractivity contribution < 1.29 is 9.53 Å². The topological polar surface area (TPSA) is 41.6 Å². The van der Waals surface area contributed by atoms with E-state index < -0.39 is 6.09 Å². The van der Waals surface area contributed by atoms with Gasteiger partial charge in [0.15, 0.2) is 0 Å². The van der Waals surface area contributed by atoms with Crippen molar-refractivity contribution in [1.29, 1.82) is 0 Å². The minimum atomic E-state index is -0.410. The molecule has 0 radical (unpaired) electrons. The summed E-state index contributed by atoms with van der Waals surface area (Å²) in [6.07, 6.45) is 0.675. The lowest BCUT2D eigenvalue weighted by molar-refractivity contribution is 0.196. The molecule has 23 heavy (non-hydrogen) atoms. The lowest BCUT2D eigenvalue weighted by Gasteiger charge is -2.21. The van der Waals surface area contributed by atoms with E-state index in [1.54, 1.807) is 12.1 Å². The summed E-state index contributed by atoms with van der Waals surface area (Å²) in [6, 6.07) is 19.5. The van der Waals surface area contributed by atoms with Crippen molar-refractivity contribution in [3.05, 3.63) is 66.2 Å². The van der Waals surface area contributed by atoms with Crippen LogP contribution in [0.15, 0.2) is 60.7 Å². The van der Waals surface area contributed by atoms with Crippen LogP contribution in [0.2, 0.25) is 0 Å². The lowest BCUT2D eigenvalue weighted by atomic mass is 10.2. The van der Waals surface area contributed by atoms with E-state index in [0.29, 0.717) is 12.3 Å². The zero-order valence-electron chi connectivity index (χ0n) is 13.6. The van der Waals surface area contributed by atoms with Crippen molar-refractivity contribution in [3.63, 3.8) is 0 Å². The Bertz CT molecular complexity index is 572. The highest BCUT2D eigenvalue weighted by Gasteiger charge is 2.07. The third-order valence-electron chi connectivity index (χ3n) is 3.44. The van der Waals surface area contributed by atoms with Gasteiger partial charge in [-0.2, -0.15) is 0 Å². The highest BCUT2D eigenvalue weighted by molar-refractivity contribution is 5.70. The molecule has 0 heterocycles. The normalized spacial score (nSPS) is 10.5. The number of carbonyl (C=O) groups is 1. The van der Waals surface area contributed by atoms with Crippen molar-refractivity contribution >= 4 is 6.09 Å². The van der Waals surface area contributed by atoms with Gasteiger partial charge in [0.25, 0.3) is 0 Å². The second-order valence-corrected chi connectivity index (χ2v) is 5.39. The third-order valence-corrected chi connectivity index (χ3v) is 3.44. The maximum atomic E-state index is 11.8.